The van der Waals surface area contributed by atoms with Crippen molar-refractivity contribution < 1.29 is 28.5 Å². The molecular weight excluding hydrogens is 476 g/mol. The lowest BCUT2D eigenvalue weighted by atomic mass is 9.88. The summed E-state index contributed by atoms with van der Waals surface area (Å²) in [5, 5.41) is 5.66. The smallest absolute Gasteiger partial charge is 0.407 e. The van der Waals surface area contributed by atoms with Gasteiger partial charge in [0.2, 0.25) is 5.91 Å². The third-order valence-corrected chi connectivity index (χ3v) is 5.33. The summed E-state index contributed by atoms with van der Waals surface area (Å²) < 4.78 is 21.8. The predicted octanol–water partition coefficient (Wildman–Crippen LogP) is 3.62. The number of carbonyl (C=O) groups excluding carboxylic acids is 2. The topological polar surface area (TPSA) is 134 Å². The standard InChI is InChI=1S/C27H42N4O6/c1-5-25(32)31-24-8-6-7-23(22(24)19-28)30-20-9-11-21(12-10-20)36-18-17-35-16-15-34-14-13-29-26(33)37-27(2,3)4/h9-12,19,24H,5-8,13-18,28H2,1-4H3,(H,29,33)(H,31,32)/b22-19+,30-23?. The van der Waals surface area contributed by atoms with Crippen LogP contribution in [-0.2, 0) is 19.0 Å². The molecule has 1 atom stereocenters. The highest BCUT2D eigenvalue weighted by molar-refractivity contribution is 6.03. The molecule has 0 radical (unpaired) electrons. The van der Waals surface area contributed by atoms with Crippen LogP contribution in [0.2, 0.25) is 0 Å². The number of amides is 2. The molecule has 1 fully saturated rings. The van der Waals surface area contributed by atoms with Gasteiger partial charge >= 0.3 is 6.09 Å². The Hall–Kier alpha value is -3.11. The summed E-state index contributed by atoms with van der Waals surface area (Å²) in [7, 11) is 0. The van der Waals surface area contributed by atoms with Crippen LogP contribution < -0.4 is 21.1 Å². The van der Waals surface area contributed by atoms with Crippen molar-refractivity contribution in [3.05, 3.63) is 36.0 Å². The van der Waals surface area contributed by atoms with Crippen molar-refractivity contribution in [1.82, 2.24) is 10.6 Å². The van der Waals surface area contributed by atoms with E-state index in [2.05, 4.69) is 10.6 Å². The molecule has 2 rings (SSSR count). The number of ether oxygens (including phenoxy) is 4. The van der Waals surface area contributed by atoms with Crippen LogP contribution >= 0.6 is 0 Å². The monoisotopic (exact) mass is 518 g/mol. The maximum absolute atomic E-state index is 11.8. The lowest BCUT2D eigenvalue weighted by Gasteiger charge is -2.27. The van der Waals surface area contributed by atoms with Crippen molar-refractivity contribution in [1.29, 1.82) is 0 Å². The molecule has 0 saturated heterocycles. The van der Waals surface area contributed by atoms with E-state index in [9.17, 15) is 9.59 Å². The zero-order chi connectivity index (χ0) is 27.1. The van der Waals surface area contributed by atoms with Crippen molar-refractivity contribution in [2.45, 2.75) is 65.0 Å². The first-order valence-corrected chi connectivity index (χ1v) is 12.9. The molecular formula is C27H42N4O6. The molecule has 206 valence electrons. The van der Waals surface area contributed by atoms with Crippen LogP contribution in [0.15, 0.2) is 41.0 Å². The number of nitrogens with two attached hydrogens (primary N) is 1. The fourth-order valence-electron chi connectivity index (χ4n) is 3.61. The SMILES string of the molecule is CCC(=O)NC1CCCC(=Nc2ccc(OCCOCCOCCNC(=O)OC(C)(C)C)cc2)/C1=C\N. The third kappa shape index (κ3) is 12.1. The van der Waals surface area contributed by atoms with Crippen molar-refractivity contribution >= 4 is 23.4 Å². The Labute approximate surface area is 220 Å². The van der Waals surface area contributed by atoms with E-state index in [1.165, 1.54) is 0 Å². The first-order valence-electron chi connectivity index (χ1n) is 12.9. The molecule has 2 amide bonds. The van der Waals surface area contributed by atoms with Crippen LogP contribution in [0.25, 0.3) is 0 Å². The summed E-state index contributed by atoms with van der Waals surface area (Å²) >= 11 is 0. The summed E-state index contributed by atoms with van der Waals surface area (Å²) in [6.45, 7) is 9.73. The van der Waals surface area contributed by atoms with E-state index >= 15 is 0 Å². The third-order valence-electron chi connectivity index (χ3n) is 5.33. The average Bonchev–Trinajstić information content (AvgIpc) is 2.85. The molecule has 1 aromatic carbocycles. The van der Waals surface area contributed by atoms with Crippen LogP contribution in [0.3, 0.4) is 0 Å². The van der Waals surface area contributed by atoms with Crippen molar-refractivity contribution in [2.24, 2.45) is 10.7 Å². The Morgan fingerprint density at radius 1 is 1.08 bits per heavy atom. The normalized spacial score (nSPS) is 18.0. The molecule has 0 spiro atoms. The number of nitrogens with zero attached hydrogens (tertiary/aromatic N) is 1. The van der Waals surface area contributed by atoms with E-state index in [0.717, 1.165) is 42.0 Å². The van der Waals surface area contributed by atoms with E-state index in [1.807, 2.05) is 52.0 Å². The second-order valence-electron chi connectivity index (χ2n) is 9.54. The summed E-state index contributed by atoms with van der Waals surface area (Å²) in [4.78, 5) is 28.1. The number of nitrogens with one attached hydrogen (secondary N) is 2. The van der Waals surface area contributed by atoms with Crippen LogP contribution in [-0.4, -0.2) is 68.9 Å². The lowest BCUT2D eigenvalue weighted by molar-refractivity contribution is -0.121. The van der Waals surface area contributed by atoms with E-state index < -0.39 is 11.7 Å². The number of carbonyl (C=O) groups is 2. The fraction of sp³-hybridized carbons (Fsp3) is 0.593. The largest absolute Gasteiger partial charge is 0.491 e. The predicted molar refractivity (Wildman–Crippen MR) is 143 cm³/mol. The zero-order valence-electron chi connectivity index (χ0n) is 22.5. The highest BCUT2D eigenvalue weighted by atomic mass is 16.6. The minimum atomic E-state index is -0.516. The number of aliphatic imine (C=N–C) groups is 1. The van der Waals surface area contributed by atoms with Gasteiger partial charge in [0.15, 0.2) is 0 Å². The molecule has 0 aromatic heterocycles. The maximum Gasteiger partial charge on any atom is 0.407 e. The molecule has 1 unspecified atom stereocenters. The van der Waals surface area contributed by atoms with Gasteiger partial charge in [0, 0.05) is 30.5 Å². The minimum Gasteiger partial charge on any atom is -0.491 e. The van der Waals surface area contributed by atoms with Crippen molar-refractivity contribution in [3.8, 4) is 5.75 Å². The van der Waals surface area contributed by atoms with E-state index in [4.69, 9.17) is 29.7 Å². The molecule has 0 aliphatic heterocycles. The number of hydrogen-bond donors (Lipinski definition) is 3. The van der Waals surface area contributed by atoms with Gasteiger partial charge in [-0.25, -0.2) is 4.79 Å². The van der Waals surface area contributed by atoms with Gasteiger partial charge in [-0.15, -0.1) is 0 Å². The zero-order valence-corrected chi connectivity index (χ0v) is 22.5. The van der Waals surface area contributed by atoms with Gasteiger partial charge in [-0.05, 0) is 64.3 Å². The van der Waals surface area contributed by atoms with Gasteiger partial charge in [0.05, 0.1) is 38.2 Å². The highest BCUT2D eigenvalue weighted by Gasteiger charge is 2.25. The first kappa shape index (κ1) is 30.1. The first-order chi connectivity index (χ1) is 17.7. The molecule has 1 aromatic rings. The van der Waals surface area contributed by atoms with Gasteiger partial charge < -0.3 is 35.3 Å². The van der Waals surface area contributed by atoms with Gasteiger partial charge in [-0.2, -0.15) is 0 Å². The Morgan fingerprint density at radius 2 is 1.76 bits per heavy atom. The number of rotatable bonds is 13. The van der Waals surface area contributed by atoms with Gasteiger partial charge in [-0.1, -0.05) is 6.92 Å². The molecule has 0 bridgehead atoms. The summed E-state index contributed by atoms with van der Waals surface area (Å²) in [6, 6.07) is 7.43. The fourth-order valence-corrected chi connectivity index (χ4v) is 3.61. The summed E-state index contributed by atoms with van der Waals surface area (Å²) in [6.07, 6.45) is 4.17. The van der Waals surface area contributed by atoms with Crippen LogP contribution in [0.4, 0.5) is 10.5 Å². The molecule has 1 aliphatic rings. The van der Waals surface area contributed by atoms with Crippen LogP contribution in [0, 0.1) is 0 Å². The molecule has 37 heavy (non-hydrogen) atoms. The second kappa shape index (κ2) is 15.9. The molecule has 0 heterocycles. The summed E-state index contributed by atoms with van der Waals surface area (Å²) in [5.41, 5.74) is 7.95. The van der Waals surface area contributed by atoms with Crippen molar-refractivity contribution in [2.75, 3.05) is 39.6 Å². The van der Waals surface area contributed by atoms with Crippen molar-refractivity contribution in [3.63, 3.8) is 0 Å². The Kier molecular flexibility index (Phi) is 12.9. The van der Waals surface area contributed by atoms with Crippen LogP contribution in [0.5, 0.6) is 5.75 Å². The van der Waals surface area contributed by atoms with Gasteiger partial charge in [-0.3, -0.25) is 9.79 Å². The quantitative estimate of drug-likeness (QED) is 0.340. The molecule has 10 heteroatoms. The number of benzene rings is 1. The minimum absolute atomic E-state index is 0.0104. The Balaban J connectivity index is 1.63. The van der Waals surface area contributed by atoms with Crippen LogP contribution in [0.1, 0.15) is 53.4 Å². The highest BCUT2D eigenvalue weighted by Crippen LogP contribution is 2.26. The molecule has 10 nitrogen and oxygen atoms in total. The summed E-state index contributed by atoms with van der Waals surface area (Å²) in [5.74, 6) is 0.736. The number of alkyl carbamates (subject to hydrolysis) is 1. The molecule has 4 N–H and O–H groups in total. The average molecular weight is 519 g/mol. The number of hydrogen-bond acceptors (Lipinski definition) is 8. The van der Waals surface area contributed by atoms with E-state index in [1.54, 1.807) is 6.20 Å². The lowest BCUT2D eigenvalue weighted by Crippen LogP contribution is -2.40. The maximum atomic E-state index is 11.8. The molecule has 1 saturated carbocycles. The Morgan fingerprint density at radius 3 is 2.41 bits per heavy atom. The van der Waals surface area contributed by atoms with Gasteiger partial charge in [0.25, 0.3) is 0 Å². The second-order valence-corrected chi connectivity index (χ2v) is 9.54. The van der Waals surface area contributed by atoms with E-state index in [0.29, 0.717) is 46.0 Å². The van der Waals surface area contributed by atoms with E-state index in [-0.39, 0.29) is 11.9 Å². The van der Waals surface area contributed by atoms with Gasteiger partial charge in [0.1, 0.15) is 18.0 Å². The molecule has 1 aliphatic carbocycles. The Bertz CT molecular complexity index is 908.